The highest BCUT2D eigenvalue weighted by Crippen LogP contribution is 2.24. The van der Waals surface area contributed by atoms with Gasteiger partial charge in [-0.1, -0.05) is 25.1 Å². The number of hydrogen-bond donors (Lipinski definition) is 0. The average Bonchev–Trinajstić information content (AvgIpc) is 2.90. The molecule has 0 spiro atoms. The fraction of sp³-hybridized carbons (Fsp3) is 0.471. The largest absolute Gasteiger partial charge is 0.464 e. The first-order valence-electron chi connectivity index (χ1n) is 7.54. The van der Waals surface area contributed by atoms with Crippen LogP contribution in [0.3, 0.4) is 0 Å². The summed E-state index contributed by atoms with van der Waals surface area (Å²) in [6.45, 7) is 3.08. The fourth-order valence-corrected chi connectivity index (χ4v) is 3.19. The number of carbonyl (C=O) groups excluding carboxylic acids is 1. The highest BCUT2D eigenvalue weighted by Gasteiger charge is 2.25. The Labute approximate surface area is 119 Å². The van der Waals surface area contributed by atoms with Gasteiger partial charge in [0.2, 0.25) is 5.91 Å². The molecule has 106 valence electrons. The zero-order valence-corrected chi connectivity index (χ0v) is 12.0. The Balaban J connectivity index is 1.78. The summed E-state index contributed by atoms with van der Waals surface area (Å²) in [6.07, 6.45) is 6.76. The summed E-state index contributed by atoms with van der Waals surface area (Å²) in [5.74, 6) is 0.239. The summed E-state index contributed by atoms with van der Waals surface area (Å²) in [5.41, 5.74) is 1.87. The maximum absolute atomic E-state index is 12.6. The highest BCUT2D eigenvalue weighted by molar-refractivity contribution is 5.87. The third kappa shape index (κ3) is 2.45. The number of fused-ring (bicyclic) bond motifs is 1. The summed E-state index contributed by atoms with van der Waals surface area (Å²) in [5, 5.41) is 1.06. The van der Waals surface area contributed by atoms with Crippen LogP contribution < -0.4 is 0 Å². The fourth-order valence-electron chi connectivity index (χ4n) is 3.19. The molecule has 1 saturated heterocycles. The predicted octanol–water partition coefficient (Wildman–Crippen LogP) is 3.77. The molecule has 1 aromatic heterocycles. The maximum atomic E-state index is 12.6. The number of carbonyl (C=O) groups is 1. The van der Waals surface area contributed by atoms with E-state index in [1.54, 1.807) is 6.26 Å². The second kappa shape index (κ2) is 5.70. The molecule has 3 heteroatoms. The van der Waals surface area contributed by atoms with Crippen molar-refractivity contribution in [2.24, 2.45) is 0 Å². The van der Waals surface area contributed by atoms with Crippen molar-refractivity contribution in [3.05, 3.63) is 36.1 Å². The number of rotatable bonds is 3. The normalized spacial score (nSPS) is 19.4. The van der Waals surface area contributed by atoms with E-state index >= 15 is 0 Å². The van der Waals surface area contributed by atoms with Crippen molar-refractivity contribution in [2.75, 3.05) is 6.54 Å². The van der Waals surface area contributed by atoms with Crippen LogP contribution in [0.1, 0.15) is 38.2 Å². The Bertz CT molecular complexity index is 602. The first-order valence-corrected chi connectivity index (χ1v) is 7.54. The molecule has 20 heavy (non-hydrogen) atoms. The standard InChI is InChI=1S/C17H21NO2/c1-2-14-7-5-6-10-18(14)17(19)11-13-12-20-16-9-4-3-8-15(13)16/h3-4,8-9,12,14H,2,5-7,10-11H2,1H3. The summed E-state index contributed by atoms with van der Waals surface area (Å²) < 4.78 is 5.52. The summed E-state index contributed by atoms with van der Waals surface area (Å²) in [4.78, 5) is 14.6. The first-order chi connectivity index (χ1) is 9.79. The Morgan fingerprint density at radius 2 is 2.20 bits per heavy atom. The van der Waals surface area contributed by atoms with Crippen molar-refractivity contribution >= 4 is 16.9 Å². The van der Waals surface area contributed by atoms with Gasteiger partial charge in [-0.25, -0.2) is 0 Å². The van der Waals surface area contributed by atoms with Crippen LogP contribution in [0.2, 0.25) is 0 Å². The third-order valence-corrected chi connectivity index (χ3v) is 4.32. The van der Waals surface area contributed by atoms with Crippen molar-refractivity contribution in [3.63, 3.8) is 0 Å². The molecule has 1 aliphatic heterocycles. The number of benzene rings is 1. The molecule has 0 aliphatic carbocycles. The Kier molecular flexibility index (Phi) is 3.77. The second-order valence-corrected chi connectivity index (χ2v) is 5.58. The van der Waals surface area contributed by atoms with E-state index in [2.05, 4.69) is 11.8 Å². The average molecular weight is 271 g/mol. The molecule has 1 unspecified atom stereocenters. The lowest BCUT2D eigenvalue weighted by Gasteiger charge is -2.35. The molecule has 0 saturated carbocycles. The van der Waals surface area contributed by atoms with Gasteiger partial charge >= 0.3 is 0 Å². The van der Waals surface area contributed by atoms with E-state index in [9.17, 15) is 4.79 Å². The Hall–Kier alpha value is -1.77. The number of piperidine rings is 1. The van der Waals surface area contributed by atoms with Crippen molar-refractivity contribution in [3.8, 4) is 0 Å². The second-order valence-electron chi connectivity index (χ2n) is 5.58. The summed E-state index contributed by atoms with van der Waals surface area (Å²) in [6, 6.07) is 8.33. The van der Waals surface area contributed by atoms with E-state index in [0.717, 1.165) is 42.3 Å². The van der Waals surface area contributed by atoms with Crippen molar-refractivity contribution in [1.82, 2.24) is 4.90 Å². The Morgan fingerprint density at radius 3 is 3.05 bits per heavy atom. The predicted molar refractivity (Wildman–Crippen MR) is 79.6 cm³/mol. The SMILES string of the molecule is CCC1CCCCN1C(=O)Cc1coc2ccccc12. The molecular weight excluding hydrogens is 250 g/mol. The summed E-state index contributed by atoms with van der Waals surface area (Å²) >= 11 is 0. The van der Waals surface area contributed by atoms with Gasteiger partial charge in [-0.3, -0.25) is 4.79 Å². The molecule has 0 bridgehead atoms. The molecule has 2 heterocycles. The quantitative estimate of drug-likeness (QED) is 0.851. The van der Waals surface area contributed by atoms with Crippen molar-refractivity contribution in [2.45, 2.75) is 45.1 Å². The maximum Gasteiger partial charge on any atom is 0.227 e. The molecule has 1 aliphatic rings. The minimum atomic E-state index is 0.239. The van der Waals surface area contributed by atoms with Gasteiger partial charge < -0.3 is 9.32 Å². The lowest BCUT2D eigenvalue weighted by atomic mass is 9.99. The number of furan rings is 1. The van der Waals surface area contributed by atoms with Gasteiger partial charge in [0.1, 0.15) is 5.58 Å². The number of likely N-dealkylation sites (tertiary alicyclic amines) is 1. The number of hydrogen-bond acceptors (Lipinski definition) is 2. The molecule has 1 amide bonds. The number of nitrogens with zero attached hydrogens (tertiary/aromatic N) is 1. The molecule has 0 radical (unpaired) electrons. The molecule has 2 aromatic rings. The van der Waals surface area contributed by atoms with Crippen LogP contribution in [-0.4, -0.2) is 23.4 Å². The Morgan fingerprint density at radius 1 is 1.35 bits per heavy atom. The molecule has 1 aromatic carbocycles. The summed E-state index contributed by atoms with van der Waals surface area (Å²) in [7, 11) is 0. The van der Waals surface area contributed by atoms with Gasteiger partial charge in [-0.05, 0) is 31.7 Å². The van der Waals surface area contributed by atoms with Crippen LogP contribution in [-0.2, 0) is 11.2 Å². The van der Waals surface area contributed by atoms with Crippen LogP contribution in [0, 0.1) is 0 Å². The molecule has 3 rings (SSSR count). The minimum Gasteiger partial charge on any atom is -0.464 e. The first kappa shape index (κ1) is 13.2. The van der Waals surface area contributed by atoms with Gasteiger partial charge in [0.25, 0.3) is 0 Å². The van der Waals surface area contributed by atoms with Crippen LogP contribution in [0.25, 0.3) is 11.0 Å². The van der Waals surface area contributed by atoms with Crippen molar-refractivity contribution < 1.29 is 9.21 Å². The van der Waals surface area contributed by atoms with Gasteiger partial charge in [0.05, 0.1) is 12.7 Å². The molecule has 0 N–H and O–H groups in total. The molecule has 1 atom stereocenters. The third-order valence-electron chi connectivity index (χ3n) is 4.32. The van der Waals surface area contributed by atoms with E-state index in [1.807, 2.05) is 24.3 Å². The zero-order chi connectivity index (χ0) is 13.9. The topological polar surface area (TPSA) is 33.5 Å². The van der Waals surface area contributed by atoms with E-state index in [1.165, 1.54) is 6.42 Å². The minimum absolute atomic E-state index is 0.239. The van der Waals surface area contributed by atoms with E-state index < -0.39 is 0 Å². The molecule has 3 nitrogen and oxygen atoms in total. The van der Waals surface area contributed by atoms with Gasteiger partial charge in [-0.2, -0.15) is 0 Å². The highest BCUT2D eigenvalue weighted by atomic mass is 16.3. The lowest BCUT2D eigenvalue weighted by Crippen LogP contribution is -2.44. The van der Waals surface area contributed by atoms with Crippen molar-refractivity contribution in [1.29, 1.82) is 0 Å². The van der Waals surface area contributed by atoms with Crippen LogP contribution in [0.4, 0.5) is 0 Å². The smallest absolute Gasteiger partial charge is 0.227 e. The van der Waals surface area contributed by atoms with Crippen LogP contribution >= 0.6 is 0 Å². The number of amides is 1. The molecule has 1 fully saturated rings. The van der Waals surface area contributed by atoms with Crippen LogP contribution in [0.15, 0.2) is 34.9 Å². The zero-order valence-electron chi connectivity index (χ0n) is 12.0. The monoisotopic (exact) mass is 271 g/mol. The van der Waals surface area contributed by atoms with Gasteiger partial charge in [-0.15, -0.1) is 0 Å². The lowest BCUT2D eigenvalue weighted by molar-refractivity contribution is -0.134. The van der Waals surface area contributed by atoms with Gasteiger partial charge in [0, 0.05) is 23.5 Å². The molecular formula is C17H21NO2. The van der Waals surface area contributed by atoms with E-state index in [0.29, 0.717) is 12.5 Å². The van der Waals surface area contributed by atoms with E-state index in [4.69, 9.17) is 4.42 Å². The van der Waals surface area contributed by atoms with Crippen LogP contribution in [0.5, 0.6) is 0 Å². The van der Waals surface area contributed by atoms with E-state index in [-0.39, 0.29) is 5.91 Å². The number of para-hydroxylation sites is 1. The van der Waals surface area contributed by atoms with Gasteiger partial charge in [0.15, 0.2) is 0 Å².